The van der Waals surface area contributed by atoms with E-state index in [0.29, 0.717) is 13.2 Å². The van der Waals surface area contributed by atoms with Crippen LogP contribution in [0.3, 0.4) is 0 Å². The number of nitrogens with one attached hydrogen (secondary N) is 1. The first kappa shape index (κ1) is 14.1. The van der Waals surface area contributed by atoms with Crippen molar-refractivity contribution in [1.82, 2.24) is 5.32 Å². The van der Waals surface area contributed by atoms with E-state index in [1.54, 1.807) is 0 Å². The SMILES string of the molecule is FC(F)(F)SCCNCCCOCC1CC1. The molecule has 6 heteroatoms. The van der Waals surface area contributed by atoms with E-state index in [1.807, 2.05) is 0 Å². The van der Waals surface area contributed by atoms with Gasteiger partial charge in [-0.1, -0.05) is 0 Å². The highest BCUT2D eigenvalue weighted by Crippen LogP contribution is 2.29. The highest BCUT2D eigenvalue weighted by Gasteiger charge is 2.27. The van der Waals surface area contributed by atoms with Crippen molar-refractivity contribution in [3.05, 3.63) is 0 Å². The summed E-state index contributed by atoms with van der Waals surface area (Å²) >= 11 is 0.0203. The Morgan fingerprint density at radius 3 is 2.62 bits per heavy atom. The van der Waals surface area contributed by atoms with Crippen LogP contribution in [-0.2, 0) is 4.74 Å². The van der Waals surface area contributed by atoms with E-state index in [-0.39, 0.29) is 17.5 Å². The number of hydrogen-bond donors (Lipinski definition) is 1. The zero-order valence-electron chi connectivity index (χ0n) is 9.18. The van der Waals surface area contributed by atoms with Crippen LogP contribution in [0, 0.1) is 5.92 Å². The van der Waals surface area contributed by atoms with E-state index in [1.165, 1.54) is 12.8 Å². The van der Waals surface area contributed by atoms with E-state index >= 15 is 0 Å². The van der Waals surface area contributed by atoms with Crippen LogP contribution in [-0.4, -0.2) is 37.6 Å². The van der Waals surface area contributed by atoms with Gasteiger partial charge in [0.25, 0.3) is 0 Å². The smallest absolute Gasteiger partial charge is 0.381 e. The van der Waals surface area contributed by atoms with Gasteiger partial charge in [-0.2, -0.15) is 13.2 Å². The molecule has 1 saturated carbocycles. The summed E-state index contributed by atoms with van der Waals surface area (Å²) in [5.41, 5.74) is -4.10. The fourth-order valence-electron chi connectivity index (χ4n) is 1.20. The number of thioether (sulfide) groups is 1. The van der Waals surface area contributed by atoms with Crippen LogP contribution in [0.2, 0.25) is 0 Å². The van der Waals surface area contributed by atoms with Crippen LogP contribution in [0.15, 0.2) is 0 Å². The van der Waals surface area contributed by atoms with Gasteiger partial charge in [-0.25, -0.2) is 0 Å². The standard InChI is InChI=1S/C10H18F3NOS/c11-10(12,13)16-7-5-14-4-1-6-15-8-9-2-3-9/h9,14H,1-8H2. The zero-order chi connectivity index (χ0) is 11.9. The lowest BCUT2D eigenvalue weighted by atomic mass is 10.4. The summed E-state index contributed by atoms with van der Waals surface area (Å²) in [6.07, 6.45) is 3.43. The summed E-state index contributed by atoms with van der Waals surface area (Å²) in [4.78, 5) is 0. The number of rotatable bonds is 9. The van der Waals surface area contributed by atoms with Gasteiger partial charge in [0.15, 0.2) is 0 Å². The van der Waals surface area contributed by atoms with Crippen molar-refractivity contribution in [3.63, 3.8) is 0 Å². The van der Waals surface area contributed by atoms with Crippen molar-refractivity contribution in [2.45, 2.75) is 24.8 Å². The monoisotopic (exact) mass is 257 g/mol. The zero-order valence-corrected chi connectivity index (χ0v) is 10.0. The molecular formula is C10H18F3NOS. The molecule has 0 saturated heterocycles. The second-order valence-corrected chi connectivity index (χ2v) is 5.08. The minimum Gasteiger partial charge on any atom is -0.381 e. The van der Waals surface area contributed by atoms with Crippen molar-refractivity contribution in [3.8, 4) is 0 Å². The van der Waals surface area contributed by atoms with Crippen LogP contribution >= 0.6 is 11.8 Å². The number of alkyl halides is 3. The van der Waals surface area contributed by atoms with Gasteiger partial charge >= 0.3 is 5.51 Å². The van der Waals surface area contributed by atoms with Crippen LogP contribution in [0.5, 0.6) is 0 Å². The average Bonchev–Trinajstić information content (AvgIpc) is 2.97. The first-order valence-electron chi connectivity index (χ1n) is 5.57. The highest BCUT2D eigenvalue weighted by molar-refractivity contribution is 8.00. The topological polar surface area (TPSA) is 21.3 Å². The largest absolute Gasteiger partial charge is 0.441 e. The summed E-state index contributed by atoms with van der Waals surface area (Å²) in [7, 11) is 0. The quantitative estimate of drug-likeness (QED) is 0.642. The molecule has 2 nitrogen and oxygen atoms in total. The number of ether oxygens (including phenoxy) is 1. The molecule has 1 aliphatic rings. The maximum absolute atomic E-state index is 11.7. The Morgan fingerprint density at radius 1 is 1.25 bits per heavy atom. The van der Waals surface area contributed by atoms with Crippen LogP contribution in [0.25, 0.3) is 0 Å². The van der Waals surface area contributed by atoms with Gasteiger partial charge < -0.3 is 10.1 Å². The molecule has 0 atom stereocenters. The molecule has 0 aromatic carbocycles. The lowest BCUT2D eigenvalue weighted by molar-refractivity contribution is -0.0327. The molecule has 1 N–H and O–H groups in total. The molecule has 1 rings (SSSR count). The third-order valence-corrected chi connectivity index (χ3v) is 2.97. The predicted molar refractivity (Wildman–Crippen MR) is 59.5 cm³/mol. The summed E-state index contributed by atoms with van der Waals surface area (Å²) in [6.45, 7) is 2.68. The van der Waals surface area contributed by atoms with Gasteiger partial charge in [0.2, 0.25) is 0 Å². The van der Waals surface area contributed by atoms with Crippen molar-refractivity contribution in [1.29, 1.82) is 0 Å². The molecule has 0 bridgehead atoms. The fraction of sp³-hybridized carbons (Fsp3) is 1.00. The first-order chi connectivity index (χ1) is 7.58. The van der Waals surface area contributed by atoms with Gasteiger partial charge in [0.1, 0.15) is 0 Å². The third kappa shape index (κ3) is 9.30. The lowest BCUT2D eigenvalue weighted by Gasteiger charge is -2.07. The van der Waals surface area contributed by atoms with Gasteiger partial charge in [0.05, 0.1) is 0 Å². The molecule has 0 radical (unpaired) electrons. The minimum atomic E-state index is -4.10. The van der Waals surface area contributed by atoms with Crippen molar-refractivity contribution in [2.24, 2.45) is 5.92 Å². The summed E-state index contributed by atoms with van der Waals surface area (Å²) in [5.74, 6) is 0.850. The molecule has 0 aliphatic heterocycles. The second-order valence-electron chi connectivity index (χ2n) is 3.92. The van der Waals surface area contributed by atoms with Crippen LogP contribution in [0.1, 0.15) is 19.3 Å². The van der Waals surface area contributed by atoms with E-state index < -0.39 is 5.51 Å². The van der Waals surface area contributed by atoms with E-state index in [9.17, 15) is 13.2 Å². The number of hydrogen-bond acceptors (Lipinski definition) is 3. The molecule has 0 spiro atoms. The van der Waals surface area contributed by atoms with Gasteiger partial charge in [-0.15, -0.1) is 0 Å². The van der Waals surface area contributed by atoms with Crippen LogP contribution in [0.4, 0.5) is 13.2 Å². The summed E-state index contributed by atoms with van der Waals surface area (Å²) in [5, 5.41) is 2.96. The van der Waals surface area contributed by atoms with Gasteiger partial charge in [-0.05, 0) is 43.5 Å². The molecule has 0 heterocycles. The summed E-state index contributed by atoms with van der Waals surface area (Å²) < 4.78 is 40.6. The van der Waals surface area contributed by atoms with E-state index in [4.69, 9.17) is 4.74 Å². The van der Waals surface area contributed by atoms with Crippen molar-refractivity contribution >= 4 is 11.8 Å². The molecular weight excluding hydrogens is 239 g/mol. The first-order valence-corrected chi connectivity index (χ1v) is 6.55. The van der Waals surface area contributed by atoms with Gasteiger partial charge in [-0.3, -0.25) is 0 Å². The van der Waals surface area contributed by atoms with Crippen LogP contribution < -0.4 is 5.32 Å². The fourth-order valence-corrected chi connectivity index (χ4v) is 1.68. The van der Waals surface area contributed by atoms with Gasteiger partial charge in [0, 0.05) is 25.5 Å². The molecule has 16 heavy (non-hydrogen) atoms. The Kier molecular flexibility index (Phi) is 6.53. The molecule has 0 unspecified atom stereocenters. The Bertz CT molecular complexity index is 185. The minimum absolute atomic E-state index is 0.0203. The Balaban J connectivity index is 1.70. The molecule has 1 aliphatic carbocycles. The Morgan fingerprint density at radius 2 is 2.00 bits per heavy atom. The predicted octanol–water partition coefficient (Wildman–Crippen LogP) is 2.65. The second kappa shape index (κ2) is 7.40. The molecule has 96 valence electrons. The molecule has 1 fully saturated rings. The maximum atomic E-state index is 11.7. The Hall–Kier alpha value is 0.0600. The summed E-state index contributed by atoms with van der Waals surface area (Å²) in [6, 6.07) is 0. The molecule has 0 amide bonds. The highest BCUT2D eigenvalue weighted by atomic mass is 32.2. The van der Waals surface area contributed by atoms with E-state index in [0.717, 1.165) is 25.5 Å². The molecule has 0 aromatic rings. The molecule has 0 aromatic heterocycles. The lowest BCUT2D eigenvalue weighted by Crippen LogP contribution is -2.21. The maximum Gasteiger partial charge on any atom is 0.441 e. The van der Waals surface area contributed by atoms with E-state index in [2.05, 4.69) is 5.32 Å². The Labute approximate surface area is 98.3 Å². The normalized spacial score (nSPS) is 16.7. The van der Waals surface area contributed by atoms with Crippen molar-refractivity contribution in [2.75, 3.05) is 32.1 Å². The third-order valence-electron chi connectivity index (χ3n) is 2.24. The number of halogens is 3. The average molecular weight is 257 g/mol. The van der Waals surface area contributed by atoms with Crippen molar-refractivity contribution < 1.29 is 17.9 Å².